The Morgan fingerprint density at radius 2 is 1.94 bits per heavy atom. The minimum atomic E-state index is -0.0556. The maximum Gasteiger partial charge on any atom is 0.202 e. The lowest BCUT2D eigenvalue weighted by Crippen LogP contribution is -2.10. The zero-order valence-electron chi connectivity index (χ0n) is 11.1. The summed E-state index contributed by atoms with van der Waals surface area (Å²) in [5.41, 5.74) is 2.70. The van der Waals surface area contributed by atoms with E-state index < -0.39 is 0 Å². The van der Waals surface area contributed by atoms with Crippen molar-refractivity contribution in [3.05, 3.63) is 35.4 Å². The standard InChI is InChI=1S/C16H20O/c1-12(9-10-15(4)17)14(3)11-16-8-6-5-7-13(16)2/h5-8,12,14H,11H2,1-4H3/t12-,14?/m1/s1. The summed E-state index contributed by atoms with van der Waals surface area (Å²) in [4.78, 5) is 10.8. The van der Waals surface area contributed by atoms with Crippen LogP contribution in [-0.4, -0.2) is 5.78 Å². The number of rotatable bonds is 3. The summed E-state index contributed by atoms with van der Waals surface area (Å²) in [6, 6.07) is 8.42. The third kappa shape index (κ3) is 4.44. The Morgan fingerprint density at radius 1 is 1.29 bits per heavy atom. The van der Waals surface area contributed by atoms with E-state index in [1.54, 1.807) is 0 Å². The van der Waals surface area contributed by atoms with Crippen LogP contribution in [0.3, 0.4) is 0 Å². The predicted octanol–water partition coefficient (Wildman–Crippen LogP) is 3.40. The van der Waals surface area contributed by atoms with Crippen LogP contribution < -0.4 is 0 Å². The van der Waals surface area contributed by atoms with Gasteiger partial charge in [0.05, 0.1) is 0 Å². The van der Waals surface area contributed by atoms with Crippen molar-refractivity contribution < 1.29 is 4.79 Å². The molecule has 0 saturated heterocycles. The molecule has 1 heteroatoms. The summed E-state index contributed by atoms with van der Waals surface area (Å²) >= 11 is 0. The first kappa shape index (κ1) is 13.5. The van der Waals surface area contributed by atoms with Crippen molar-refractivity contribution in [2.24, 2.45) is 11.8 Å². The number of carbonyl (C=O) groups excluding carboxylic acids is 1. The minimum absolute atomic E-state index is 0.0556. The Balaban J connectivity index is 2.67. The number of hydrogen-bond donors (Lipinski definition) is 0. The molecule has 1 rings (SSSR count). The Morgan fingerprint density at radius 3 is 2.53 bits per heavy atom. The first-order valence-electron chi connectivity index (χ1n) is 6.07. The number of carbonyl (C=O) groups is 1. The van der Waals surface area contributed by atoms with E-state index in [9.17, 15) is 4.79 Å². The van der Waals surface area contributed by atoms with Gasteiger partial charge in [-0.3, -0.25) is 4.79 Å². The molecule has 0 aliphatic carbocycles. The number of aryl methyl sites for hydroxylation is 1. The number of hydrogen-bond acceptors (Lipinski definition) is 1. The molecule has 1 aromatic rings. The Bertz CT molecular complexity index is 448. The van der Waals surface area contributed by atoms with Gasteiger partial charge in [-0.15, -0.1) is 0 Å². The summed E-state index contributed by atoms with van der Waals surface area (Å²) in [5, 5.41) is 0. The van der Waals surface area contributed by atoms with Gasteiger partial charge in [0.2, 0.25) is 5.78 Å². The summed E-state index contributed by atoms with van der Waals surface area (Å²) in [7, 11) is 0. The predicted molar refractivity (Wildman–Crippen MR) is 71.7 cm³/mol. The van der Waals surface area contributed by atoms with Crippen molar-refractivity contribution in [2.45, 2.75) is 34.1 Å². The van der Waals surface area contributed by atoms with Crippen LogP contribution >= 0.6 is 0 Å². The molecule has 0 aromatic heterocycles. The van der Waals surface area contributed by atoms with Crippen molar-refractivity contribution in [3.63, 3.8) is 0 Å². The zero-order chi connectivity index (χ0) is 12.8. The molecule has 0 saturated carbocycles. The average Bonchev–Trinajstić information content (AvgIpc) is 2.28. The average molecular weight is 228 g/mol. The summed E-state index contributed by atoms with van der Waals surface area (Å²) in [6.07, 6.45) is 1.01. The Kier molecular flexibility index (Phi) is 4.97. The van der Waals surface area contributed by atoms with Gasteiger partial charge in [0.1, 0.15) is 0 Å². The minimum Gasteiger partial charge on any atom is -0.285 e. The lowest BCUT2D eigenvalue weighted by atomic mass is 9.88. The molecule has 0 aliphatic rings. The normalized spacial score (nSPS) is 13.4. The van der Waals surface area contributed by atoms with E-state index in [1.165, 1.54) is 18.1 Å². The summed E-state index contributed by atoms with van der Waals surface area (Å²) < 4.78 is 0. The lowest BCUT2D eigenvalue weighted by molar-refractivity contribution is -0.111. The molecule has 1 aromatic carbocycles. The van der Waals surface area contributed by atoms with Crippen molar-refractivity contribution in [2.75, 3.05) is 0 Å². The van der Waals surface area contributed by atoms with Gasteiger partial charge >= 0.3 is 0 Å². The van der Waals surface area contributed by atoms with Crippen LogP contribution in [0, 0.1) is 30.6 Å². The molecular weight excluding hydrogens is 208 g/mol. The second kappa shape index (κ2) is 6.25. The largest absolute Gasteiger partial charge is 0.285 e. The molecule has 1 nitrogen and oxygen atoms in total. The molecule has 0 radical (unpaired) electrons. The van der Waals surface area contributed by atoms with Crippen molar-refractivity contribution >= 4 is 5.78 Å². The van der Waals surface area contributed by atoms with E-state index in [0.717, 1.165) is 6.42 Å². The monoisotopic (exact) mass is 228 g/mol. The zero-order valence-corrected chi connectivity index (χ0v) is 11.1. The van der Waals surface area contributed by atoms with Crippen LogP contribution in [0.25, 0.3) is 0 Å². The van der Waals surface area contributed by atoms with Crippen molar-refractivity contribution in [3.8, 4) is 11.8 Å². The highest BCUT2D eigenvalue weighted by atomic mass is 16.1. The molecule has 0 amide bonds. The fourth-order valence-electron chi connectivity index (χ4n) is 1.72. The third-order valence-corrected chi connectivity index (χ3v) is 3.13. The smallest absolute Gasteiger partial charge is 0.202 e. The highest BCUT2D eigenvalue weighted by Crippen LogP contribution is 2.18. The van der Waals surface area contributed by atoms with Crippen molar-refractivity contribution in [1.82, 2.24) is 0 Å². The van der Waals surface area contributed by atoms with Crippen LogP contribution in [0.5, 0.6) is 0 Å². The molecule has 0 heterocycles. The summed E-state index contributed by atoms with van der Waals surface area (Å²) in [5.74, 6) is 6.31. The number of Topliss-reactive ketones (excluding diaryl/α,β-unsaturated/α-hetero) is 1. The van der Waals surface area contributed by atoms with Crippen LogP contribution in [0.2, 0.25) is 0 Å². The van der Waals surface area contributed by atoms with E-state index >= 15 is 0 Å². The summed E-state index contributed by atoms with van der Waals surface area (Å²) in [6.45, 7) is 7.91. The number of ketones is 1. The molecule has 2 atom stereocenters. The van der Waals surface area contributed by atoms with Crippen LogP contribution in [0.15, 0.2) is 24.3 Å². The Hall–Kier alpha value is -1.55. The van der Waals surface area contributed by atoms with Gasteiger partial charge in [0.25, 0.3) is 0 Å². The molecule has 0 N–H and O–H groups in total. The van der Waals surface area contributed by atoms with Gasteiger partial charge in [-0.25, -0.2) is 0 Å². The van der Waals surface area contributed by atoms with E-state index in [1.807, 2.05) is 0 Å². The number of benzene rings is 1. The van der Waals surface area contributed by atoms with Crippen molar-refractivity contribution in [1.29, 1.82) is 0 Å². The van der Waals surface area contributed by atoms with Gasteiger partial charge in [-0.1, -0.05) is 44.0 Å². The topological polar surface area (TPSA) is 17.1 Å². The van der Waals surface area contributed by atoms with Gasteiger partial charge < -0.3 is 0 Å². The highest BCUT2D eigenvalue weighted by Gasteiger charge is 2.11. The SMILES string of the molecule is CC(=O)C#C[C@@H](C)C(C)Cc1ccccc1C. The highest BCUT2D eigenvalue weighted by molar-refractivity contribution is 5.93. The van der Waals surface area contributed by atoms with Crippen LogP contribution in [0.4, 0.5) is 0 Å². The molecule has 0 aliphatic heterocycles. The molecule has 0 fully saturated rings. The third-order valence-electron chi connectivity index (χ3n) is 3.13. The second-order valence-electron chi connectivity index (χ2n) is 4.72. The molecule has 1 unspecified atom stereocenters. The Labute approximate surface area is 104 Å². The lowest BCUT2D eigenvalue weighted by Gasteiger charge is -2.16. The first-order valence-corrected chi connectivity index (χ1v) is 6.07. The maximum absolute atomic E-state index is 10.8. The van der Waals surface area contributed by atoms with E-state index in [4.69, 9.17) is 0 Å². The quantitative estimate of drug-likeness (QED) is 0.572. The molecule has 0 bridgehead atoms. The van der Waals surface area contributed by atoms with Gasteiger partial charge in [-0.2, -0.15) is 0 Å². The second-order valence-corrected chi connectivity index (χ2v) is 4.72. The molecule has 17 heavy (non-hydrogen) atoms. The molecular formula is C16H20O. The fourth-order valence-corrected chi connectivity index (χ4v) is 1.72. The van der Waals surface area contributed by atoms with Gasteiger partial charge in [0, 0.05) is 12.8 Å². The maximum atomic E-state index is 10.8. The van der Waals surface area contributed by atoms with Crippen LogP contribution in [0.1, 0.15) is 31.9 Å². The van der Waals surface area contributed by atoms with Gasteiger partial charge in [0.15, 0.2) is 0 Å². The van der Waals surface area contributed by atoms with E-state index in [0.29, 0.717) is 5.92 Å². The fraction of sp³-hybridized carbons (Fsp3) is 0.438. The molecule has 0 spiro atoms. The van der Waals surface area contributed by atoms with E-state index in [-0.39, 0.29) is 11.7 Å². The first-order chi connectivity index (χ1) is 8.00. The van der Waals surface area contributed by atoms with Gasteiger partial charge in [-0.05, 0) is 36.3 Å². The van der Waals surface area contributed by atoms with Crippen LogP contribution in [-0.2, 0) is 11.2 Å². The molecule has 90 valence electrons. The van der Waals surface area contributed by atoms with E-state index in [2.05, 4.69) is 56.9 Å².